The minimum absolute atomic E-state index is 0.0554. The molecule has 1 aliphatic carbocycles. The first-order valence-electron chi connectivity index (χ1n) is 11.0. The number of aryl methyl sites for hydroxylation is 1. The predicted octanol–water partition coefficient (Wildman–Crippen LogP) is 4.78. The van der Waals surface area contributed by atoms with E-state index >= 15 is 0 Å². The second-order valence-electron chi connectivity index (χ2n) is 8.38. The first kappa shape index (κ1) is 22.6. The molecule has 1 N–H and O–H groups in total. The molecule has 172 valence electrons. The van der Waals surface area contributed by atoms with E-state index < -0.39 is 23.4 Å². The lowest BCUT2D eigenvalue weighted by Crippen LogP contribution is -2.38. The molecular weight excluding hydrogens is 428 g/mol. The summed E-state index contributed by atoms with van der Waals surface area (Å²) in [5, 5.41) is 6.63. The number of amides is 2. The predicted molar refractivity (Wildman–Crippen MR) is 117 cm³/mol. The third kappa shape index (κ3) is 5.63. The highest BCUT2D eigenvalue weighted by Gasteiger charge is 2.29. The smallest absolute Gasteiger partial charge is 0.273 e. The molecule has 4 rings (SSSR count). The van der Waals surface area contributed by atoms with Crippen LogP contribution in [0.4, 0.5) is 8.78 Å². The van der Waals surface area contributed by atoms with Gasteiger partial charge < -0.3 is 14.7 Å². The molecule has 2 aromatic carbocycles. The standard InChI is InChI=1S/C25H25F2N3O3/c1-16-6-8-17(9-7-16)14-28-24(31)23-13-22(33-29-23)15-30(21-4-2-3-5-21)25(32)18-10-19(26)12-20(27)11-18/h6-13,21H,2-5,14-15H2,1H3,(H,28,31). The Labute approximate surface area is 190 Å². The molecule has 0 atom stereocenters. The number of halogens is 2. The molecule has 1 heterocycles. The number of carbonyl (C=O) groups is 2. The monoisotopic (exact) mass is 453 g/mol. The van der Waals surface area contributed by atoms with Gasteiger partial charge in [0.2, 0.25) is 0 Å². The van der Waals surface area contributed by atoms with E-state index in [2.05, 4.69) is 10.5 Å². The Bertz CT molecular complexity index is 1120. The van der Waals surface area contributed by atoms with E-state index in [0.29, 0.717) is 12.3 Å². The molecule has 1 aliphatic rings. The Morgan fingerprint density at radius 2 is 1.73 bits per heavy atom. The molecule has 0 spiro atoms. The molecule has 6 nitrogen and oxygen atoms in total. The molecule has 1 fully saturated rings. The first-order valence-corrected chi connectivity index (χ1v) is 11.0. The summed E-state index contributed by atoms with van der Waals surface area (Å²) in [6, 6.07) is 12.0. The molecular formula is C25H25F2N3O3. The Balaban J connectivity index is 1.46. The van der Waals surface area contributed by atoms with E-state index in [1.165, 1.54) is 6.07 Å². The highest BCUT2D eigenvalue weighted by molar-refractivity contribution is 5.94. The van der Waals surface area contributed by atoms with Gasteiger partial charge in [-0.15, -0.1) is 0 Å². The number of hydrogen-bond acceptors (Lipinski definition) is 4. The van der Waals surface area contributed by atoms with Gasteiger partial charge in [-0.1, -0.05) is 47.8 Å². The van der Waals surface area contributed by atoms with Gasteiger partial charge in [0, 0.05) is 30.3 Å². The van der Waals surface area contributed by atoms with E-state index in [-0.39, 0.29) is 23.8 Å². The van der Waals surface area contributed by atoms with E-state index in [9.17, 15) is 18.4 Å². The van der Waals surface area contributed by atoms with Crippen LogP contribution < -0.4 is 5.32 Å². The Morgan fingerprint density at radius 3 is 2.39 bits per heavy atom. The average molecular weight is 453 g/mol. The number of benzene rings is 2. The maximum atomic E-state index is 13.7. The van der Waals surface area contributed by atoms with Crippen LogP contribution in [0, 0.1) is 18.6 Å². The molecule has 0 unspecified atom stereocenters. The number of carbonyl (C=O) groups excluding carboxylic acids is 2. The summed E-state index contributed by atoms with van der Waals surface area (Å²) >= 11 is 0. The van der Waals surface area contributed by atoms with Crippen LogP contribution in [-0.4, -0.2) is 27.9 Å². The summed E-state index contributed by atoms with van der Waals surface area (Å²) in [5.41, 5.74) is 2.13. The zero-order valence-corrected chi connectivity index (χ0v) is 18.3. The van der Waals surface area contributed by atoms with E-state index in [1.54, 1.807) is 4.90 Å². The highest BCUT2D eigenvalue weighted by Crippen LogP contribution is 2.27. The Morgan fingerprint density at radius 1 is 1.06 bits per heavy atom. The summed E-state index contributed by atoms with van der Waals surface area (Å²) in [6.45, 7) is 2.39. The SMILES string of the molecule is Cc1ccc(CNC(=O)c2cc(CN(C(=O)c3cc(F)cc(F)c3)C3CCCC3)on2)cc1. The summed E-state index contributed by atoms with van der Waals surface area (Å²) in [5.74, 6) is -2.17. The summed E-state index contributed by atoms with van der Waals surface area (Å²) in [7, 11) is 0. The quantitative estimate of drug-likeness (QED) is 0.559. The molecule has 8 heteroatoms. The minimum Gasteiger partial charge on any atom is -0.359 e. The number of aromatic nitrogens is 1. The van der Waals surface area contributed by atoms with Crippen LogP contribution in [0.15, 0.2) is 53.1 Å². The van der Waals surface area contributed by atoms with Crippen molar-refractivity contribution in [2.75, 3.05) is 0 Å². The van der Waals surface area contributed by atoms with Gasteiger partial charge in [0.1, 0.15) is 11.6 Å². The van der Waals surface area contributed by atoms with Crippen molar-refractivity contribution in [1.29, 1.82) is 0 Å². The van der Waals surface area contributed by atoms with Crippen molar-refractivity contribution in [1.82, 2.24) is 15.4 Å². The molecule has 0 saturated heterocycles. The Kier molecular flexibility index (Phi) is 6.82. The first-order chi connectivity index (χ1) is 15.9. The summed E-state index contributed by atoms with van der Waals surface area (Å²) in [6.07, 6.45) is 3.52. The third-order valence-corrected chi connectivity index (χ3v) is 5.83. The Hall–Kier alpha value is -3.55. The lowest BCUT2D eigenvalue weighted by Gasteiger charge is -2.28. The van der Waals surface area contributed by atoms with Crippen LogP contribution in [0.25, 0.3) is 0 Å². The molecule has 2 amide bonds. The number of nitrogens with one attached hydrogen (secondary N) is 1. The van der Waals surface area contributed by atoms with Crippen molar-refractivity contribution in [3.63, 3.8) is 0 Å². The fraction of sp³-hybridized carbons (Fsp3) is 0.320. The fourth-order valence-corrected chi connectivity index (χ4v) is 4.07. The van der Waals surface area contributed by atoms with E-state index in [0.717, 1.165) is 55.0 Å². The zero-order valence-electron chi connectivity index (χ0n) is 18.3. The average Bonchev–Trinajstić information content (AvgIpc) is 3.48. The molecule has 33 heavy (non-hydrogen) atoms. The third-order valence-electron chi connectivity index (χ3n) is 5.83. The maximum Gasteiger partial charge on any atom is 0.273 e. The number of rotatable bonds is 7. The van der Waals surface area contributed by atoms with Crippen molar-refractivity contribution in [2.24, 2.45) is 0 Å². The van der Waals surface area contributed by atoms with Crippen molar-refractivity contribution in [2.45, 2.75) is 51.7 Å². The van der Waals surface area contributed by atoms with Gasteiger partial charge in [-0.2, -0.15) is 0 Å². The van der Waals surface area contributed by atoms with Crippen LogP contribution in [0.1, 0.15) is 63.4 Å². The zero-order chi connectivity index (χ0) is 23.4. The van der Waals surface area contributed by atoms with Gasteiger partial charge >= 0.3 is 0 Å². The summed E-state index contributed by atoms with van der Waals surface area (Å²) in [4.78, 5) is 27.1. The van der Waals surface area contributed by atoms with E-state index in [4.69, 9.17) is 4.52 Å². The number of hydrogen-bond donors (Lipinski definition) is 1. The largest absolute Gasteiger partial charge is 0.359 e. The molecule has 1 saturated carbocycles. The number of nitrogens with zero attached hydrogens (tertiary/aromatic N) is 2. The van der Waals surface area contributed by atoms with Crippen molar-refractivity contribution >= 4 is 11.8 Å². The van der Waals surface area contributed by atoms with Gasteiger partial charge in [-0.25, -0.2) is 8.78 Å². The fourth-order valence-electron chi connectivity index (χ4n) is 4.07. The molecule has 1 aromatic heterocycles. The second kappa shape index (κ2) is 9.94. The van der Waals surface area contributed by atoms with Crippen LogP contribution in [0.2, 0.25) is 0 Å². The van der Waals surface area contributed by atoms with E-state index in [1.807, 2.05) is 31.2 Å². The molecule has 0 radical (unpaired) electrons. The lowest BCUT2D eigenvalue weighted by atomic mass is 10.1. The topological polar surface area (TPSA) is 75.4 Å². The second-order valence-corrected chi connectivity index (χ2v) is 8.38. The normalized spacial score (nSPS) is 13.8. The molecule has 0 aliphatic heterocycles. The van der Waals surface area contributed by atoms with Crippen LogP contribution >= 0.6 is 0 Å². The van der Waals surface area contributed by atoms with Crippen molar-refractivity contribution in [3.05, 3.63) is 88.3 Å². The van der Waals surface area contributed by atoms with Gasteiger partial charge in [0.25, 0.3) is 11.8 Å². The van der Waals surface area contributed by atoms with Crippen molar-refractivity contribution in [3.8, 4) is 0 Å². The van der Waals surface area contributed by atoms with Crippen molar-refractivity contribution < 1.29 is 22.9 Å². The van der Waals surface area contributed by atoms with Gasteiger partial charge in [-0.3, -0.25) is 9.59 Å². The lowest BCUT2D eigenvalue weighted by molar-refractivity contribution is 0.0642. The maximum absolute atomic E-state index is 13.7. The molecule has 3 aromatic rings. The van der Waals surface area contributed by atoms with Crippen LogP contribution in [0.5, 0.6) is 0 Å². The summed E-state index contributed by atoms with van der Waals surface area (Å²) < 4.78 is 32.7. The van der Waals surface area contributed by atoms with Gasteiger partial charge in [0.15, 0.2) is 11.5 Å². The van der Waals surface area contributed by atoms with Gasteiger partial charge in [0.05, 0.1) is 6.54 Å². The van der Waals surface area contributed by atoms with Gasteiger partial charge in [-0.05, 0) is 37.5 Å². The van der Waals surface area contributed by atoms with Crippen LogP contribution in [-0.2, 0) is 13.1 Å². The minimum atomic E-state index is -0.808. The molecule has 0 bridgehead atoms. The highest BCUT2D eigenvalue weighted by atomic mass is 19.1. The van der Waals surface area contributed by atoms with Crippen LogP contribution in [0.3, 0.4) is 0 Å².